The van der Waals surface area contributed by atoms with Gasteiger partial charge in [-0.05, 0) is 45.2 Å². The molecule has 0 saturated carbocycles. The van der Waals surface area contributed by atoms with Crippen molar-refractivity contribution in [2.24, 2.45) is 0 Å². The van der Waals surface area contributed by atoms with E-state index in [-0.39, 0.29) is 10.8 Å². The molecule has 1 saturated heterocycles. The first kappa shape index (κ1) is 19.4. The highest BCUT2D eigenvalue weighted by molar-refractivity contribution is 7.19. The van der Waals surface area contributed by atoms with Crippen molar-refractivity contribution in [1.29, 1.82) is 0 Å². The standard InChI is InChI=1S/C17H20F3N5OS/c1-10-6-5-7-11(2)25(10)16-24-23-15(27-16)22-14(26)21-13-9-4-3-8-12(13)17(18,19)20/h3-4,8-11H,5-7H2,1-2H3,(H2,21,22,23,26). The minimum Gasteiger partial charge on any atom is -0.341 e. The molecular formula is C17H20F3N5OS. The Kier molecular flexibility index (Phi) is 5.54. The predicted molar refractivity (Wildman–Crippen MR) is 99.2 cm³/mol. The highest BCUT2D eigenvalue weighted by atomic mass is 32.1. The SMILES string of the molecule is CC1CCCC(C)N1c1nnc(NC(=O)Nc2ccccc2C(F)(F)F)s1. The van der Waals surface area contributed by atoms with Gasteiger partial charge in [0.2, 0.25) is 10.3 Å². The molecular weight excluding hydrogens is 379 g/mol. The fourth-order valence-electron chi connectivity index (χ4n) is 3.26. The number of hydrogen-bond acceptors (Lipinski definition) is 5. The Morgan fingerprint density at radius 2 is 1.81 bits per heavy atom. The van der Waals surface area contributed by atoms with Crippen molar-refractivity contribution >= 4 is 33.3 Å². The summed E-state index contributed by atoms with van der Waals surface area (Å²) in [5, 5.41) is 13.7. The van der Waals surface area contributed by atoms with Crippen LogP contribution in [0.2, 0.25) is 0 Å². The van der Waals surface area contributed by atoms with Gasteiger partial charge in [0.15, 0.2) is 0 Å². The lowest BCUT2D eigenvalue weighted by Gasteiger charge is -2.38. The van der Waals surface area contributed by atoms with Crippen molar-refractivity contribution in [3.8, 4) is 0 Å². The van der Waals surface area contributed by atoms with Crippen LogP contribution in [0.3, 0.4) is 0 Å². The second-order valence-corrected chi connectivity index (χ2v) is 7.50. The molecule has 1 aromatic heterocycles. The van der Waals surface area contributed by atoms with Gasteiger partial charge in [0.25, 0.3) is 0 Å². The van der Waals surface area contributed by atoms with E-state index < -0.39 is 17.8 Å². The molecule has 1 aliphatic rings. The van der Waals surface area contributed by atoms with Gasteiger partial charge in [-0.3, -0.25) is 5.32 Å². The van der Waals surface area contributed by atoms with Crippen molar-refractivity contribution < 1.29 is 18.0 Å². The zero-order valence-corrected chi connectivity index (χ0v) is 15.7. The molecule has 3 rings (SSSR count). The van der Waals surface area contributed by atoms with E-state index in [1.165, 1.54) is 29.5 Å². The fourth-order valence-corrected chi connectivity index (χ4v) is 4.20. The van der Waals surface area contributed by atoms with Crippen LogP contribution in [0.5, 0.6) is 0 Å². The van der Waals surface area contributed by atoms with Gasteiger partial charge < -0.3 is 10.2 Å². The van der Waals surface area contributed by atoms with Crippen molar-refractivity contribution in [2.45, 2.75) is 51.4 Å². The number of anilines is 3. The topological polar surface area (TPSA) is 70.2 Å². The highest BCUT2D eigenvalue weighted by Gasteiger charge is 2.33. The summed E-state index contributed by atoms with van der Waals surface area (Å²) in [5.41, 5.74) is -1.22. The van der Waals surface area contributed by atoms with Crippen LogP contribution in [-0.4, -0.2) is 28.3 Å². The number of piperidine rings is 1. The van der Waals surface area contributed by atoms with Gasteiger partial charge in [-0.1, -0.05) is 23.5 Å². The molecule has 146 valence electrons. The minimum atomic E-state index is -4.56. The van der Waals surface area contributed by atoms with E-state index in [4.69, 9.17) is 0 Å². The van der Waals surface area contributed by atoms with Crippen LogP contribution in [0.15, 0.2) is 24.3 Å². The number of urea groups is 1. The molecule has 2 amide bonds. The largest absolute Gasteiger partial charge is 0.418 e. The Morgan fingerprint density at radius 3 is 2.48 bits per heavy atom. The third-order valence-corrected chi connectivity index (χ3v) is 5.38. The van der Waals surface area contributed by atoms with Crippen molar-refractivity contribution in [3.63, 3.8) is 0 Å². The molecule has 1 aliphatic heterocycles. The van der Waals surface area contributed by atoms with Gasteiger partial charge in [-0.25, -0.2) is 4.79 Å². The molecule has 1 fully saturated rings. The quantitative estimate of drug-likeness (QED) is 0.765. The summed E-state index contributed by atoms with van der Waals surface area (Å²) in [6, 6.07) is 4.65. The Balaban J connectivity index is 1.69. The van der Waals surface area contributed by atoms with Crippen LogP contribution < -0.4 is 15.5 Å². The number of carbonyl (C=O) groups excluding carboxylic acids is 1. The number of carbonyl (C=O) groups is 1. The maximum absolute atomic E-state index is 13.0. The molecule has 10 heteroatoms. The van der Waals surface area contributed by atoms with E-state index >= 15 is 0 Å². The van der Waals surface area contributed by atoms with E-state index in [0.717, 1.165) is 25.3 Å². The maximum atomic E-state index is 13.0. The lowest BCUT2D eigenvalue weighted by atomic mass is 9.98. The summed E-state index contributed by atoms with van der Waals surface area (Å²) >= 11 is 1.21. The third kappa shape index (κ3) is 4.49. The maximum Gasteiger partial charge on any atom is 0.418 e. The highest BCUT2D eigenvalue weighted by Crippen LogP contribution is 2.35. The zero-order chi connectivity index (χ0) is 19.6. The number of hydrogen-bond donors (Lipinski definition) is 2. The van der Waals surface area contributed by atoms with E-state index in [2.05, 4.69) is 39.6 Å². The number of amides is 2. The Hall–Kier alpha value is -2.36. The Morgan fingerprint density at radius 1 is 1.15 bits per heavy atom. The van der Waals surface area contributed by atoms with Crippen LogP contribution in [-0.2, 0) is 6.18 Å². The summed E-state index contributed by atoms with van der Waals surface area (Å²) < 4.78 is 39.0. The summed E-state index contributed by atoms with van der Waals surface area (Å²) in [6.45, 7) is 4.23. The molecule has 0 spiro atoms. The molecule has 0 aliphatic carbocycles. The average Bonchev–Trinajstić information content (AvgIpc) is 3.02. The van der Waals surface area contributed by atoms with E-state index in [1.807, 2.05) is 0 Å². The zero-order valence-electron chi connectivity index (χ0n) is 14.9. The number of nitrogens with one attached hydrogen (secondary N) is 2. The Labute approximate surface area is 158 Å². The first-order chi connectivity index (χ1) is 12.8. The molecule has 27 heavy (non-hydrogen) atoms. The molecule has 2 atom stereocenters. The van der Waals surface area contributed by atoms with Gasteiger partial charge in [0.05, 0.1) is 11.3 Å². The van der Waals surface area contributed by atoms with Crippen LogP contribution in [0.4, 0.5) is 33.9 Å². The number of alkyl halides is 3. The summed E-state index contributed by atoms with van der Waals surface area (Å²) in [6.07, 6.45) is -1.28. The van der Waals surface area contributed by atoms with Crippen molar-refractivity contribution in [3.05, 3.63) is 29.8 Å². The number of para-hydroxylation sites is 1. The van der Waals surface area contributed by atoms with Gasteiger partial charge >= 0.3 is 12.2 Å². The summed E-state index contributed by atoms with van der Waals surface area (Å²) in [4.78, 5) is 14.3. The summed E-state index contributed by atoms with van der Waals surface area (Å²) in [5.74, 6) is 0. The van der Waals surface area contributed by atoms with Gasteiger partial charge in [-0.2, -0.15) is 13.2 Å². The monoisotopic (exact) mass is 399 g/mol. The molecule has 0 bridgehead atoms. The molecule has 2 heterocycles. The Bertz CT molecular complexity index is 800. The number of benzene rings is 1. The molecule has 2 aromatic rings. The van der Waals surface area contributed by atoms with E-state index in [0.29, 0.717) is 17.2 Å². The fraction of sp³-hybridized carbons (Fsp3) is 0.471. The van der Waals surface area contributed by atoms with Crippen LogP contribution >= 0.6 is 11.3 Å². The van der Waals surface area contributed by atoms with Crippen molar-refractivity contribution in [1.82, 2.24) is 10.2 Å². The predicted octanol–water partition coefficient (Wildman–Crippen LogP) is 4.97. The second-order valence-electron chi connectivity index (χ2n) is 6.55. The molecule has 0 radical (unpaired) electrons. The van der Waals surface area contributed by atoms with Crippen LogP contribution in [0.1, 0.15) is 38.7 Å². The minimum absolute atomic E-state index is 0.233. The number of nitrogens with zero attached hydrogens (tertiary/aromatic N) is 3. The smallest absolute Gasteiger partial charge is 0.341 e. The van der Waals surface area contributed by atoms with Gasteiger partial charge in [0, 0.05) is 12.1 Å². The molecule has 2 N–H and O–H groups in total. The molecule has 1 aromatic carbocycles. The lowest BCUT2D eigenvalue weighted by molar-refractivity contribution is -0.136. The first-order valence-electron chi connectivity index (χ1n) is 8.62. The van der Waals surface area contributed by atoms with E-state index in [9.17, 15) is 18.0 Å². The average molecular weight is 399 g/mol. The lowest BCUT2D eigenvalue weighted by Crippen LogP contribution is -2.43. The normalized spacial score (nSPS) is 20.4. The number of halogens is 3. The number of rotatable bonds is 3. The molecule has 6 nitrogen and oxygen atoms in total. The molecule has 2 unspecified atom stereocenters. The number of aromatic nitrogens is 2. The summed E-state index contributed by atoms with van der Waals surface area (Å²) in [7, 11) is 0. The second kappa shape index (κ2) is 7.71. The van der Waals surface area contributed by atoms with Gasteiger partial charge in [0.1, 0.15) is 0 Å². The van der Waals surface area contributed by atoms with Crippen LogP contribution in [0, 0.1) is 0 Å². The van der Waals surface area contributed by atoms with Crippen LogP contribution in [0.25, 0.3) is 0 Å². The third-order valence-electron chi connectivity index (χ3n) is 4.53. The van der Waals surface area contributed by atoms with Gasteiger partial charge in [-0.15, -0.1) is 10.2 Å². The van der Waals surface area contributed by atoms with E-state index in [1.54, 1.807) is 0 Å². The first-order valence-corrected chi connectivity index (χ1v) is 9.43. The van der Waals surface area contributed by atoms with Crippen molar-refractivity contribution in [2.75, 3.05) is 15.5 Å².